The van der Waals surface area contributed by atoms with Gasteiger partial charge in [-0.3, -0.25) is 5.10 Å². The Morgan fingerprint density at radius 2 is 2.32 bits per heavy atom. The molecule has 1 aliphatic heterocycles. The number of H-pyrrole nitrogens is 1. The quantitative estimate of drug-likeness (QED) is 0.760. The molecule has 2 N–H and O–H groups in total. The average Bonchev–Trinajstić information content (AvgIpc) is 2.97. The maximum absolute atomic E-state index is 12.6. The SMILES string of the molecule is CNCc1cn[nH]c1S(=O)(=O)N1CCC(N(C)C)C1. The Hall–Kier alpha value is -0.960. The third-order valence-electron chi connectivity index (χ3n) is 3.50. The van der Waals surface area contributed by atoms with E-state index in [1.54, 1.807) is 13.2 Å². The predicted octanol–water partition coefficient (Wildman–Crippen LogP) is -0.546. The molecule has 0 saturated carbocycles. The second-order valence-electron chi connectivity index (χ2n) is 5.02. The zero-order valence-electron chi connectivity index (χ0n) is 11.5. The molecule has 2 heterocycles. The van der Waals surface area contributed by atoms with E-state index in [1.165, 1.54) is 4.31 Å². The van der Waals surface area contributed by atoms with Crippen molar-refractivity contribution in [3.05, 3.63) is 11.8 Å². The van der Waals surface area contributed by atoms with Crippen LogP contribution < -0.4 is 5.32 Å². The van der Waals surface area contributed by atoms with Crippen molar-refractivity contribution in [2.24, 2.45) is 0 Å². The molecule has 0 amide bonds. The molecule has 1 unspecified atom stereocenters. The van der Waals surface area contributed by atoms with E-state index in [0.29, 0.717) is 25.2 Å². The van der Waals surface area contributed by atoms with E-state index in [4.69, 9.17) is 0 Å². The van der Waals surface area contributed by atoms with E-state index in [2.05, 4.69) is 20.4 Å². The summed E-state index contributed by atoms with van der Waals surface area (Å²) in [6.07, 6.45) is 2.42. The van der Waals surface area contributed by atoms with Crippen molar-refractivity contribution in [3.8, 4) is 0 Å². The van der Waals surface area contributed by atoms with Crippen LogP contribution in [0.2, 0.25) is 0 Å². The zero-order chi connectivity index (χ0) is 14.0. The van der Waals surface area contributed by atoms with Crippen molar-refractivity contribution in [3.63, 3.8) is 0 Å². The molecule has 0 radical (unpaired) electrons. The van der Waals surface area contributed by atoms with Crippen LogP contribution in [-0.2, 0) is 16.6 Å². The van der Waals surface area contributed by atoms with Gasteiger partial charge >= 0.3 is 0 Å². The van der Waals surface area contributed by atoms with Crippen LogP contribution in [0.5, 0.6) is 0 Å². The molecule has 1 atom stereocenters. The predicted molar refractivity (Wildman–Crippen MR) is 72.2 cm³/mol. The molecule has 0 aromatic carbocycles. The Morgan fingerprint density at radius 1 is 1.58 bits per heavy atom. The van der Waals surface area contributed by atoms with Gasteiger partial charge in [-0.05, 0) is 27.6 Å². The Balaban J connectivity index is 2.21. The standard InChI is InChI=1S/C11H21N5O2S/c1-12-6-9-7-13-14-11(9)19(17,18)16-5-4-10(8-16)15(2)3/h7,10,12H,4-6,8H2,1-3H3,(H,13,14). The van der Waals surface area contributed by atoms with E-state index >= 15 is 0 Å². The first-order valence-corrected chi connectivity index (χ1v) is 7.74. The number of nitrogens with one attached hydrogen (secondary N) is 2. The number of sulfonamides is 1. The van der Waals surface area contributed by atoms with Gasteiger partial charge in [0, 0.05) is 31.2 Å². The maximum atomic E-state index is 12.6. The molecule has 7 nitrogen and oxygen atoms in total. The summed E-state index contributed by atoms with van der Waals surface area (Å²) in [5.41, 5.74) is 0.677. The second kappa shape index (κ2) is 5.58. The van der Waals surface area contributed by atoms with Crippen LogP contribution in [-0.4, -0.2) is 68.1 Å². The molecule has 8 heteroatoms. The molecule has 1 saturated heterocycles. The van der Waals surface area contributed by atoms with Gasteiger partial charge in [-0.25, -0.2) is 8.42 Å². The van der Waals surface area contributed by atoms with E-state index in [9.17, 15) is 8.42 Å². The lowest BCUT2D eigenvalue weighted by Crippen LogP contribution is -2.35. The molecular formula is C11H21N5O2S. The van der Waals surface area contributed by atoms with Crippen molar-refractivity contribution in [2.75, 3.05) is 34.2 Å². The van der Waals surface area contributed by atoms with Crippen molar-refractivity contribution >= 4 is 10.0 Å². The summed E-state index contributed by atoms with van der Waals surface area (Å²) in [6.45, 7) is 1.58. The van der Waals surface area contributed by atoms with Crippen LogP contribution in [0.4, 0.5) is 0 Å². The number of likely N-dealkylation sites (N-methyl/N-ethyl adjacent to an activating group) is 1. The van der Waals surface area contributed by atoms with Crippen LogP contribution in [0.15, 0.2) is 11.2 Å². The fourth-order valence-electron chi connectivity index (χ4n) is 2.32. The van der Waals surface area contributed by atoms with Gasteiger partial charge in [-0.2, -0.15) is 9.40 Å². The number of aromatic nitrogens is 2. The lowest BCUT2D eigenvalue weighted by Gasteiger charge is -2.20. The smallest absolute Gasteiger partial charge is 0.260 e. The third kappa shape index (κ3) is 2.81. The molecule has 0 spiro atoms. The molecule has 2 rings (SSSR count). The summed E-state index contributed by atoms with van der Waals surface area (Å²) in [5, 5.41) is 9.63. The van der Waals surface area contributed by atoms with Gasteiger partial charge < -0.3 is 10.2 Å². The number of aromatic amines is 1. The van der Waals surface area contributed by atoms with Gasteiger partial charge in [0.25, 0.3) is 10.0 Å². The molecule has 108 valence electrons. The monoisotopic (exact) mass is 287 g/mol. The number of rotatable bonds is 5. The molecular weight excluding hydrogens is 266 g/mol. The van der Waals surface area contributed by atoms with E-state index in [1.807, 2.05) is 14.1 Å². The molecule has 19 heavy (non-hydrogen) atoms. The van der Waals surface area contributed by atoms with E-state index in [0.717, 1.165) is 6.42 Å². The van der Waals surface area contributed by atoms with Crippen molar-refractivity contribution in [1.29, 1.82) is 0 Å². The minimum Gasteiger partial charge on any atom is -0.316 e. The summed E-state index contributed by atoms with van der Waals surface area (Å²) >= 11 is 0. The fraction of sp³-hybridized carbons (Fsp3) is 0.727. The van der Waals surface area contributed by atoms with Crippen molar-refractivity contribution in [2.45, 2.75) is 24.0 Å². The highest BCUT2D eigenvalue weighted by Gasteiger charge is 2.35. The summed E-state index contributed by atoms with van der Waals surface area (Å²) in [4.78, 5) is 2.07. The Labute approximate surface area is 114 Å². The highest BCUT2D eigenvalue weighted by Crippen LogP contribution is 2.23. The first kappa shape index (κ1) is 14.4. The average molecular weight is 287 g/mol. The van der Waals surface area contributed by atoms with Crippen molar-refractivity contribution in [1.82, 2.24) is 24.7 Å². The number of hydrogen-bond donors (Lipinski definition) is 2. The maximum Gasteiger partial charge on any atom is 0.260 e. The third-order valence-corrected chi connectivity index (χ3v) is 5.38. The first-order chi connectivity index (χ1) is 8.96. The van der Waals surface area contributed by atoms with Crippen LogP contribution >= 0.6 is 0 Å². The fourth-order valence-corrected chi connectivity index (χ4v) is 3.92. The highest BCUT2D eigenvalue weighted by atomic mass is 32.2. The van der Waals surface area contributed by atoms with E-state index in [-0.39, 0.29) is 11.1 Å². The Bertz CT molecular complexity index is 525. The van der Waals surface area contributed by atoms with Gasteiger partial charge in [0.15, 0.2) is 5.03 Å². The van der Waals surface area contributed by atoms with Crippen LogP contribution in [0.25, 0.3) is 0 Å². The molecule has 0 aliphatic carbocycles. The molecule has 1 fully saturated rings. The number of hydrogen-bond acceptors (Lipinski definition) is 5. The highest BCUT2D eigenvalue weighted by molar-refractivity contribution is 7.89. The van der Waals surface area contributed by atoms with Gasteiger partial charge in [0.05, 0.1) is 6.20 Å². The van der Waals surface area contributed by atoms with Gasteiger partial charge in [0.1, 0.15) is 0 Å². The van der Waals surface area contributed by atoms with Crippen LogP contribution in [0.1, 0.15) is 12.0 Å². The summed E-state index contributed by atoms with van der Waals surface area (Å²) in [6, 6.07) is 0.283. The Kier molecular flexibility index (Phi) is 4.24. The zero-order valence-corrected chi connectivity index (χ0v) is 12.4. The van der Waals surface area contributed by atoms with E-state index < -0.39 is 10.0 Å². The van der Waals surface area contributed by atoms with Gasteiger partial charge in [0.2, 0.25) is 0 Å². The second-order valence-corrected chi connectivity index (χ2v) is 6.90. The van der Waals surface area contributed by atoms with Crippen molar-refractivity contribution < 1.29 is 8.42 Å². The van der Waals surface area contributed by atoms with Crippen LogP contribution in [0.3, 0.4) is 0 Å². The molecule has 0 bridgehead atoms. The van der Waals surface area contributed by atoms with Gasteiger partial charge in [-0.15, -0.1) is 0 Å². The number of nitrogens with zero attached hydrogens (tertiary/aromatic N) is 3. The minimum absolute atomic E-state index is 0.209. The minimum atomic E-state index is -3.47. The van der Waals surface area contributed by atoms with Gasteiger partial charge in [-0.1, -0.05) is 0 Å². The summed E-state index contributed by atoms with van der Waals surface area (Å²) in [5.74, 6) is 0. The normalized spacial score (nSPS) is 21.4. The molecule has 1 aliphatic rings. The lowest BCUT2D eigenvalue weighted by molar-refractivity contribution is 0.302. The summed E-state index contributed by atoms with van der Waals surface area (Å²) < 4.78 is 26.7. The largest absolute Gasteiger partial charge is 0.316 e. The molecule has 1 aromatic rings. The molecule has 1 aromatic heterocycles. The topological polar surface area (TPSA) is 81.3 Å². The van der Waals surface area contributed by atoms with Crippen LogP contribution in [0, 0.1) is 0 Å². The lowest BCUT2D eigenvalue weighted by atomic mass is 10.2. The Morgan fingerprint density at radius 3 is 2.89 bits per heavy atom. The summed E-state index contributed by atoms with van der Waals surface area (Å²) in [7, 11) is 2.26. The first-order valence-electron chi connectivity index (χ1n) is 6.30.